The number of rotatable bonds is 1. The van der Waals surface area contributed by atoms with Crippen LogP contribution >= 0.6 is 15.9 Å². The second-order valence-electron chi connectivity index (χ2n) is 4.60. The summed E-state index contributed by atoms with van der Waals surface area (Å²) in [5, 5.41) is 8.94. The van der Waals surface area contributed by atoms with E-state index in [2.05, 4.69) is 22.0 Å². The van der Waals surface area contributed by atoms with Crippen LogP contribution in [0, 0.1) is 11.3 Å². The number of ketones is 1. The van der Waals surface area contributed by atoms with Gasteiger partial charge in [-0.25, -0.2) is 0 Å². The number of halogens is 1. The molecule has 0 saturated carbocycles. The molecule has 0 amide bonds. The molecule has 1 heterocycles. The Morgan fingerprint density at radius 3 is 2.84 bits per heavy atom. The third-order valence-corrected chi connectivity index (χ3v) is 4.12. The summed E-state index contributed by atoms with van der Waals surface area (Å²) in [5.41, 5.74) is 3.50. The van der Waals surface area contributed by atoms with Crippen LogP contribution in [0.25, 0.3) is 5.69 Å². The summed E-state index contributed by atoms with van der Waals surface area (Å²) in [4.78, 5) is 11.8. The molecule has 2 aromatic rings. The summed E-state index contributed by atoms with van der Waals surface area (Å²) in [5.74, 6) is 0.229. The first kappa shape index (κ1) is 12.2. The summed E-state index contributed by atoms with van der Waals surface area (Å²) >= 11 is 3.40. The van der Waals surface area contributed by atoms with Crippen molar-refractivity contribution in [3.63, 3.8) is 0 Å². The number of nitriles is 1. The topological polar surface area (TPSA) is 45.8 Å². The Bertz CT molecular complexity index is 709. The van der Waals surface area contributed by atoms with Crippen molar-refractivity contribution in [2.75, 3.05) is 0 Å². The molecule has 3 nitrogen and oxygen atoms in total. The smallest absolute Gasteiger partial charge is 0.164 e. The summed E-state index contributed by atoms with van der Waals surface area (Å²) in [6, 6.07) is 9.63. The number of carbonyl (C=O) groups is 1. The second-order valence-corrected chi connectivity index (χ2v) is 5.45. The molecule has 0 atom stereocenters. The Kier molecular flexibility index (Phi) is 3.00. The van der Waals surface area contributed by atoms with E-state index in [1.54, 1.807) is 6.07 Å². The maximum Gasteiger partial charge on any atom is 0.164 e. The molecule has 0 unspecified atom stereocenters. The van der Waals surface area contributed by atoms with Crippen molar-refractivity contribution in [3.8, 4) is 11.8 Å². The maximum absolute atomic E-state index is 11.8. The second kappa shape index (κ2) is 4.67. The van der Waals surface area contributed by atoms with Crippen molar-refractivity contribution in [3.05, 3.63) is 51.8 Å². The van der Waals surface area contributed by atoms with E-state index in [4.69, 9.17) is 5.26 Å². The first-order chi connectivity index (χ1) is 9.20. The molecule has 4 heteroatoms. The average Bonchev–Trinajstić information content (AvgIpc) is 2.84. The number of hydrogen-bond donors (Lipinski definition) is 0. The Morgan fingerprint density at radius 2 is 2.11 bits per heavy atom. The lowest BCUT2D eigenvalue weighted by Gasteiger charge is -2.15. The van der Waals surface area contributed by atoms with Crippen molar-refractivity contribution >= 4 is 21.7 Å². The quantitative estimate of drug-likeness (QED) is 0.806. The molecule has 1 aliphatic rings. The minimum Gasteiger partial charge on any atom is -0.320 e. The van der Waals surface area contributed by atoms with Crippen molar-refractivity contribution in [2.45, 2.75) is 19.3 Å². The average molecular weight is 315 g/mol. The van der Waals surface area contributed by atoms with E-state index < -0.39 is 0 Å². The van der Waals surface area contributed by atoms with E-state index in [9.17, 15) is 4.79 Å². The zero-order valence-corrected chi connectivity index (χ0v) is 11.8. The normalized spacial score (nSPS) is 14.0. The molecule has 19 heavy (non-hydrogen) atoms. The van der Waals surface area contributed by atoms with E-state index in [0.717, 1.165) is 34.3 Å². The molecule has 1 aromatic carbocycles. The van der Waals surface area contributed by atoms with Crippen LogP contribution < -0.4 is 0 Å². The molecule has 0 aliphatic heterocycles. The highest BCUT2D eigenvalue weighted by molar-refractivity contribution is 9.10. The lowest BCUT2D eigenvalue weighted by molar-refractivity contribution is 0.0972. The molecular formula is C15H11BrN2O. The molecule has 0 radical (unpaired) electrons. The van der Waals surface area contributed by atoms with Crippen LogP contribution in [0.2, 0.25) is 0 Å². The van der Waals surface area contributed by atoms with Gasteiger partial charge in [0.15, 0.2) is 5.78 Å². The van der Waals surface area contributed by atoms with Crippen LogP contribution in [0.1, 0.15) is 34.5 Å². The fourth-order valence-corrected chi connectivity index (χ4v) is 2.97. The predicted molar refractivity (Wildman–Crippen MR) is 75.5 cm³/mol. The zero-order chi connectivity index (χ0) is 13.4. The van der Waals surface area contributed by atoms with Crippen LogP contribution in [0.5, 0.6) is 0 Å². The minimum absolute atomic E-state index is 0.229. The van der Waals surface area contributed by atoms with Gasteiger partial charge in [0, 0.05) is 34.0 Å². The van der Waals surface area contributed by atoms with E-state index in [-0.39, 0.29) is 5.78 Å². The van der Waals surface area contributed by atoms with E-state index in [1.165, 1.54) is 0 Å². The van der Waals surface area contributed by atoms with Gasteiger partial charge >= 0.3 is 0 Å². The van der Waals surface area contributed by atoms with E-state index in [0.29, 0.717) is 12.0 Å². The fourth-order valence-electron chi connectivity index (χ4n) is 2.51. The van der Waals surface area contributed by atoms with E-state index >= 15 is 0 Å². The van der Waals surface area contributed by atoms with E-state index in [1.807, 2.05) is 29.0 Å². The highest BCUT2D eigenvalue weighted by atomic mass is 79.9. The molecule has 3 rings (SSSR count). The van der Waals surface area contributed by atoms with Gasteiger partial charge in [-0.15, -0.1) is 0 Å². The van der Waals surface area contributed by atoms with Crippen LogP contribution in [0.15, 0.2) is 34.9 Å². The fraction of sp³-hybridized carbons (Fsp3) is 0.200. The minimum atomic E-state index is 0.229. The summed E-state index contributed by atoms with van der Waals surface area (Å²) < 4.78 is 2.82. The van der Waals surface area contributed by atoms with Crippen LogP contribution in [-0.2, 0) is 6.42 Å². The molecule has 0 spiro atoms. The number of hydrogen-bond acceptors (Lipinski definition) is 2. The number of fused-ring (bicyclic) bond motifs is 1. The zero-order valence-electron chi connectivity index (χ0n) is 10.2. The third-order valence-electron chi connectivity index (χ3n) is 3.46. The Hall–Kier alpha value is -1.86. The number of Topliss-reactive ketones (excluding diaryl/α,β-unsaturated/α-hetero) is 1. The summed E-state index contributed by atoms with van der Waals surface area (Å²) in [6.45, 7) is 0. The Labute approximate surface area is 119 Å². The van der Waals surface area contributed by atoms with Gasteiger partial charge in [0.2, 0.25) is 0 Å². The molecular weight excluding hydrogens is 304 g/mol. The van der Waals surface area contributed by atoms with Crippen LogP contribution in [-0.4, -0.2) is 10.4 Å². The van der Waals surface area contributed by atoms with Gasteiger partial charge in [-0.1, -0.05) is 0 Å². The Balaban J connectivity index is 2.11. The first-order valence-electron chi connectivity index (χ1n) is 6.14. The molecule has 1 aliphatic carbocycles. The number of carbonyl (C=O) groups excluding carboxylic acids is 1. The van der Waals surface area contributed by atoms with Gasteiger partial charge in [-0.2, -0.15) is 5.26 Å². The maximum atomic E-state index is 11.8. The van der Waals surface area contributed by atoms with Crippen LogP contribution in [0.4, 0.5) is 0 Å². The summed E-state index contributed by atoms with van der Waals surface area (Å²) in [6.07, 6.45) is 4.41. The largest absolute Gasteiger partial charge is 0.320 e. The van der Waals surface area contributed by atoms with Crippen LogP contribution in [0.3, 0.4) is 0 Å². The predicted octanol–water partition coefficient (Wildman–Crippen LogP) is 3.63. The van der Waals surface area contributed by atoms with Crippen molar-refractivity contribution in [1.82, 2.24) is 4.57 Å². The highest BCUT2D eigenvalue weighted by Gasteiger charge is 2.21. The highest BCUT2D eigenvalue weighted by Crippen LogP contribution is 2.27. The van der Waals surface area contributed by atoms with Gasteiger partial charge in [-0.05, 0) is 53.0 Å². The van der Waals surface area contributed by atoms with Gasteiger partial charge in [0.25, 0.3) is 0 Å². The van der Waals surface area contributed by atoms with Gasteiger partial charge < -0.3 is 4.57 Å². The lowest BCUT2D eigenvalue weighted by Crippen LogP contribution is -2.12. The molecule has 1 aromatic heterocycles. The van der Waals surface area contributed by atoms with Gasteiger partial charge in [-0.3, -0.25) is 4.79 Å². The van der Waals surface area contributed by atoms with Crippen molar-refractivity contribution in [1.29, 1.82) is 5.26 Å². The standard InChI is InChI=1S/C15H11BrN2O/c16-13-8-11(5-4-10(13)9-17)18-7-6-12-14(18)2-1-3-15(12)19/h4-8H,1-3H2. The third kappa shape index (κ3) is 2.00. The Morgan fingerprint density at radius 1 is 1.26 bits per heavy atom. The number of benzene rings is 1. The molecule has 94 valence electrons. The summed E-state index contributed by atoms with van der Waals surface area (Å²) in [7, 11) is 0. The SMILES string of the molecule is N#Cc1ccc(-n2ccc3c2CCCC3=O)cc1Br. The van der Waals surface area contributed by atoms with Crippen molar-refractivity contribution in [2.24, 2.45) is 0 Å². The molecule has 0 saturated heterocycles. The van der Waals surface area contributed by atoms with Gasteiger partial charge in [0.1, 0.15) is 6.07 Å². The molecule has 0 N–H and O–H groups in total. The molecule has 0 fully saturated rings. The van der Waals surface area contributed by atoms with Gasteiger partial charge in [0.05, 0.1) is 5.56 Å². The monoisotopic (exact) mass is 314 g/mol. The lowest BCUT2D eigenvalue weighted by atomic mass is 9.97. The van der Waals surface area contributed by atoms with Crippen molar-refractivity contribution < 1.29 is 4.79 Å². The molecule has 0 bridgehead atoms. The number of nitrogens with zero attached hydrogens (tertiary/aromatic N) is 2. The number of aromatic nitrogens is 1. The first-order valence-corrected chi connectivity index (χ1v) is 6.93.